The molecule has 1 aromatic heterocycles. The van der Waals surface area contributed by atoms with Crippen LogP contribution in [-0.4, -0.2) is 22.0 Å². The number of H-pyrrole nitrogens is 1. The van der Waals surface area contributed by atoms with Crippen molar-refractivity contribution >= 4 is 17.0 Å². The fourth-order valence-electron chi connectivity index (χ4n) is 4.05. The van der Waals surface area contributed by atoms with Crippen LogP contribution in [0.5, 0.6) is 0 Å². The number of para-hydroxylation sites is 1. The first kappa shape index (κ1) is 18.1. The molecule has 0 unspecified atom stereocenters. The maximum Gasteiger partial charge on any atom is 0.411 e. The maximum atomic E-state index is 13.1. The fourth-order valence-corrected chi connectivity index (χ4v) is 4.05. The molecule has 1 amide bonds. The minimum atomic E-state index is -0.329. The first-order valence-electron chi connectivity index (χ1n) is 9.55. The molecule has 2 aromatic carbocycles. The molecule has 4 nitrogen and oxygen atoms in total. The van der Waals surface area contributed by atoms with E-state index < -0.39 is 0 Å². The topological polar surface area (TPSA) is 45.3 Å². The van der Waals surface area contributed by atoms with Crippen LogP contribution in [0.4, 0.5) is 4.79 Å². The van der Waals surface area contributed by atoms with Crippen LogP contribution in [0.15, 0.2) is 79.9 Å². The molecule has 28 heavy (non-hydrogen) atoms. The minimum Gasteiger partial charge on any atom is -0.445 e. The number of nitrogens with one attached hydrogen (secondary N) is 1. The van der Waals surface area contributed by atoms with Crippen LogP contribution in [-0.2, 0) is 17.8 Å². The highest BCUT2D eigenvalue weighted by atomic mass is 16.6. The lowest BCUT2D eigenvalue weighted by atomic mass is 9.90. The Kier molecular flexibility index (Phi) is 5.02. The van der Waals surface area contributed by atoms with Gasteiger partial charge in [0.2, 0.25) is 0 Å². The number of ether oxygens (including phenoxy) is 1. The van der Waals surface area contributed by atoms with E-state index in [1.165, 1.54) is 10.9 Å². The summed E-state index contributed by atoms with van der Waals surface area (Å²) in [4.78, 5) is 18.4. The molecule has 2 heterocycles. The lowest BCUT2D eigenvalue weighted by Crippen LogP contribution is -2.46. The molecule has 4 rings (SSSR count). The molecule has 3 aromatic rings. The van der Waals surface area contributed by atoms with E-state index in [0.29, 0.717) is 6.42 Å². The number of aromatic amines is 1. The van der Waals surface area contributed by atoms with Crippen LogP contribution >= 0.6 is 0 Å². The second kappa shape index (κ2) is 7.77. The molecule has 0 spiro atoms. The Morgan fingerprint density at radius 3 is 2.64 bits per heavy atom. The predicted octanol–water partition coefficient (Wildman–Crippen LogP) is 5.53. The van der Waals surface area contributed by atoms with Crippen LogP contribution in [0.25, 0.3) is 10.9 Å². The largest absolute Gasteiger partial charge is 0.445 e. The number of rotatable bonds is 5. The smallest absolute Gasteiger partial charge is 0.411 e. The highest BCUT2D eigenvalue weighted by Crippen LogP contribution is 2.39. The lowest BCUT2D eigenvalue weighted by Gasteiger charge is -2.39. The van der Waals surface area contributed by atoms with Gasteiger partial charge < -0.3 is 9.72 Å². The molecule has 4 heteroatoms. The van der Waals surface area contributed by atoms with Crippen molar-refractivity contribution in [3.63, 3.8) is 0 Å². The van der Waals surface area contributed by atoms with Gasteiger partial charge in [0.15, 0.2) is 0 Å². The molecule has 0 saturated carbocycles. The Morgan fingerprint density at radius 2 is 1.89 bits per heavy atom. The van der Waals surface area contributed by atoms with E-state index in [2.05, 4.69) is 30.3 Å². The van der Waals surface area contributed by atoms with Crippen LogP contribution in [0.1, 0.15) is 29.3 Å². The minimum absolute atomic E-state index is 0.125. The van der Waals surface area contributed by atoms with Crippen molar-refractivity contribution in [1.29, 1.82) is 0 Å². The summed E-state index contributed by atoms with van der Waals surface area (Å²) in [6.07, 6.45) is 4.72. The number of amides is 1. The van der Waals surface area contributed by atoms with Crippen molar-refractivity contribution in [2.75, 3.05) is 0 Å². The van der Waals surface area contributed by atoms with Crippen LogP contribution in [0.2, 0.25) is 0 Å². The molecule has 0 bridgehead atoms. The first-order valence-corrected chi connectivity index (χ1v) is 9.55. The average molecular weight is 372 g/mol. The van der Waals surface area contributed by atoms with Gasteiger partial charge in [0.25, 0.3) is 0 Å². The zero-order chi connectivity index (χ0) is 19.5. The molecule has 0 radical (unpaired) electrons. The van der Waals surface area contributed by atoms with Crippen LogP contribution < -0.4 is 0 Å². The van der Waals surface area contributed by atoms with Gasteiger partial charge in [-0.1, -0.05) is 60.7 Å². The Morgan fingerprint density at radius 1 is 1.14 bits per heavy atom. The third-order valence-electron chi connectivity index (χ3n) is 5.36. The van der Waals surface area contributed by atoms with E-state index in [-0.39, 0.29) is 24.8 Å². The van der Waals surface area contributed by atoms with Gasteiger partial charge in [-0.25, -0.2) is 4.79 Å². The molecule has 1 aliphatic heterocycles. The summed E-state index contributed by atoms with van der Waals surface area (Å²) in [5.41, 5.74) is 4.37. The second-order valence-electron chi connectivity index (χ2n) is 7.06. The van der Waals surface area contributed by atoms with Gasteiger partial charge in [-0.2, -0.15) is 0 Å². The number of aromatic nitrogens is 1. The van der Waals surface area contributed by atoms with E-state index in [1.807, 2.05) is 54.6 Å². The Hall–Kier alpha value is -3.27. The average Bonchev–Trinajstić information content (AvgIpc) is 3.11. The number of carbonyl (C=O) groups excluding carboxylic acids is 1. The zero-order valence-electron chi connectivity index (χ0n) is 15.8. The summed E-state index contributed by atoms with van der Waals surface area (Å²) in [5.74, 6) is 0. The first-order chi connectivity index (χ1) is 13.7. The summed E-state index contributed by atoms with van der Waals surface area (Å²) in [7, 11) is 0. The molecule has 1 aliphatic rings. The van der Waals surface area contributed by atoms with Crippen molar-refractivity contribution in [1.82, 2.24) is 9.88 Å². The van der Waals surface area contributed by atoms with E-state index >= 15 is 0 Å². The summed E-state index contributed by atoms with van der Waals surface area (Å²) < 4.78 is 5.66. The number of fused-ring (bicyclic) bond motifs is 3. The van der Waals surface area contributed by atoms with E-state index in [9.17, 15) is 4.79 Å². The molecule has 142 valence electrons. The Balaban J connectivity index is 1.67. The van der Waals surface area contributed by atoms with Gasteiger partial charge in [-0.05, 0) is 30.0 Å². The van der Waals surface area contributed by atoms with Gasteiger partial charge in [0.05, 0.1) is 12.1 Å². The zero-order valence-corrected chi connectivity index (χ0v) is 15.8. The SMILES string of the molecule is C=CC[C@H]1c2[nH]c3ccccc3c2C[C@@H](C=C)N1C(=O)OCc1ccccc1. The molecule has 1 N–H and O–H groups in total. The summed E-state index contributed by atoms with van der Waals surface area (Å²) in [6, 6.07) is 17.7. The van der Waals surface area contributed by atoms with Gasteiger partial charge >= 0.3 is 6.09 Å². The monoisotopic (exact) mass is 372 g/mol. The maximum absolute atomic E-state index is 13.1. The van der Waals surface area contributed by atoms with Crippen molar-refractivity contribution in [3.05, 3.63) is 96.7 Å². The number of nitrogens with zero attached hydrogens (tertiary/aromatic N) is 1. The van der Waals surface area contributed by atoms with E-state index in [1.54, 1.807) is 4.90 Å². The van der Waals surface area contributed by atoms with Crippen molar-refractivity contribution in [3.8, 4) is 0 Å². The second-order valence-corrected chi connectivity index (χ2v) is 7.06. The lowest BCUT2D eigenvalue weighted by molar-refractivity contribution is 0.0640. The standard InChI is InChI=1S/C24H24N2O2/c1-3-10-22-23-20(19-13-8-9-14-21(19)25-23)15-18(4-2)26(22)24(27)28-16-17-11-6-5-7-12-17/h3-9,11-14,18,22,25H,1-2,10,15-16H2/t18-,22+/m1/s1. The Bertz CT molecular complexity index is 1010. The molecule has 2 atom stereocenters. The quantitative estimate of drug-likeness (QED) is 0.598. The van der Waals surface area contributed by atoms with E-state index in [4.69, 9.17) is 4.74 Å². The molecular weight excluding hydrogens is 348 g/mol. The van der Waals surface area contributed by atoms with E-state index in [0.717, 1.165) is 23.2 Å². The third kappa shape index (κ3) is 3.22. The van der Waals surface area contributed by atoms with Gasteiger partial charge in [0.1, 0.15) is 6.61 Å². The van der Waals surface area contributed by atoms with Gasteiger partial charge in [-0.15, -0.1) is 13.2 Å². The highest BCUT2D eigenvalue weighted by Gasteiger charge is 2.38. The van der Waals surface area contributed by atoms with Crippen molar-refractivity contribution in [2.24, 2.45) is 0 Å². The normalized spacial score (nSPS) is 18.5. The number of hydrogen-bond acceptors (Lipinski definition) is 2. The van der Waals surface area contributed by atoms with Gasteiger partial charge in [-0.3, -0.25) is 4.90 Å². The summed E-state index contributed by atoms with van der Waals surface area (Å²) in [6.45, 7) is 8.13. The predicted molar refractivity (Wildman–Crippen MR) is 112 cm³/mol. The Labute approximate surface area is 165 Å². The fraction of sp³-hybridized carbons (Fsp3) is 0.208. The van der Waals surface area contributed by atoms with Crippen molar-refractivity contribution in [2.45, 2.75) is 31.5 Å². The summed E-state index contributed by atoms with van der Waals surface area (Å²) in [5, 5.41) is 1.20. The number of hydrogen-bond donors (Lipinski definition) is 1. The number of carbonyl (C=O) groups is 1. The molecule has 0 aliphatic carbocycles. The number of benzene rings is 2. The summed E-state index contributed by atoms with van der Waals surface area (Å²) >= 11 is 0. The molecule has 0 saturated heterocycles. The van der Waals surface area contributed by atoms with Crippen LogP contribution in [0.3, 0.4) is 0 Å². The van der Waals surface area contributed by atoms with Crippen LogP contribution in [0, 0.1) is 0 Å². The highest BCUT2D eigenvalue weighted by molar-refractivity contribution is 5.86. The van der Waals surface area contributed by atoms with Gasteiger partial charge in [0, 0.05) is 16.6 Å². The van der Waals surface area contributed by atoms with Crippen molar-refractivity contribution < 1.29 is 9.53 Å². The molecule has 0 fully saturated rings. The third-order valence-corrected chi connectivity index (χ3v) is 5.36. The molecular formula is C24H24N2O2.